The highest BCUT2D eigenvalue weighted by Crippen LogP contribution is 2.32. The van der Waals surface area contributed by atoms with Gasteiger partial charge in [0.2, 0.25) is 0 Å². The van der Waals surface area contributed by atoms with Gasteiger partial charge in [-0.25, -0.2) is 0 Å². The molecule has 1 aromatic rings. The first-order valence-corrected chi connectivity index (χ1v) is 5.03. The smallest absolute Gasteiger partial charge is 0.0836 e. The first-order valence-electron chi connectivity index (χ1n) is 4.24. The number of hydrogen-bond acceptors (Lipinski definition) is 1. The van der Waals surface area contributed by atoms with E-state index in [0.29, 0.717) is 6.10 Å². The van der Waals surface area contributed by atoms with Crippen LogP contribution in [0.4, 0.5) is 0 Å². The Balaban J connectivity index is 0.000000845. The van der Waals surface area contributed by atoms with Gasteiger partial charge in [-0.1, -0.05) is 34.1 Å². The fourth-order valence-corrected chi connectivity index (χ4v) is 2.10. The Kier molecular flexibility index (Phi) is 4.73. The monoisotopic (exact) mass is 250 g/mol. The van der Waals surface area contributed by atoms with Gasteiger partial charge in [0.05, 0.1) is 6.10 Å². The van der Waals surface area contributed by atoms with Gasteiger partial charge in [-0.3, -0.25) is 0 Å². The molecule has 0 amide bonds. The third-order valence-corrected chi connectivity index (χ3v) is 2.90. The minimum Gasteiger partial charge on any atom is -0.373 e. The number of hydrogen-bond donors (Lipinski definition) is 0. The second kappa shape index (κ2) is 5.34. The summed E-state index contributed by atoms with van der Waals surface area (Å²) in [5.74, 6) is 0. The molecule has 1 fully saturated rings. The third-order valence-electron chi connectivity index (χ3n) is 2.18. The summed E-state index contributed by atoms with van der Waals surface area (Å²) < 4.78 is 6.75. The van der Waals surface area contributed by atoms with E-state index in [2.05, 4.69) is 34.1 Å². The molecule has 1 heterocycles. The van der Waals surface area contributed by atoms with Crippen LogP contribution in [0.25, 0.3) is 0 Å². The highest BCUT2D eigenvalue weighted by molar-refractivity contribution is 9.10. The summed E-state index contributed by atoms with van der Waals surface area (Å²) in [5.41, 5.74) is 1.29. The number of ether oxygens (including phenoxy) is 1. The Labute approximate surface area is 103 Å². The first-order chi connectivity index (χ1) is 5.88. The van der Waals surface area contributed by atoms with E-state index < -0.39 is 0 Å². The van der Waals surface area contributed by atoms with E-state index in [-0.39, 0.29) is 23.1 Å². The average molecular weight is 251 g/mol. The maximum absolute atomic E-state index is 5.59. The summed E-state index contributed by atoms with van der Waals surface area (Å²) in [5, 5.41) is 0. The molecule has 1 nitrogen and oxygen atoms in total. The Bertz CT molecular complexity index is 271. The molecule has 0 aromatic heterocycles. The molecule has 1 aliphatic rings. The van der Waals surface area contributed by atoms with E-state index in [4.69, 9.17) is 4.74 Å². The Morgan fingerprint density at radius 1 is 1.31 bits per heavy atom. The molecule has 0 N–H and O–H groups in total. The second-order valence-electron chi connectivity index (χ2n) is 3.02. The summed E-state index contributed by atoms with van der Waals surface area (Å²) in [6.45, 7) is 0.909. The van der Waals surface area contributed by atoms with Crippen LogP contribution in [0, 0.1) is 0 Å². The van der Waals surface area contributed by atoms with E-state index >= 15 is 0 Å². The lowest BCUT2D eigenvalue weighted by Crippen LogP contribution is -1.95. The summed E-state index contributed by atoms with van der Waals surface area (Å²) in [6, 6.07) is 8.28. The van der Waals surface area contributed by atoms with Crippen LogP contribution < -0.4 is 0 Å². The van der Waals surface area contributed by atoms with Crippen molar-refractivity contribution in [1.82, 2.24) is 0 Å². The lowest BCUT2D eigenvalue weighted by atomic mass is 10.1. The molecule has 0 aliphatic carbocycles. The minimum atomic E-state index is 0. The van der Waals surface area contributed by atoms with Crippen LogP contribution in [0.15, 0.2) is 28.7 Å². The number of rotatable bonds is 1. The summed E-state index contributed by atoms with van der Waals surface area (Å²) in [4.78, 5) is 0. The Hall–Kier alpha value is 0.426. The van der Waals surface area contributed by atoms with E-state index in [1.54, 1.807) is 0 Å². The standard InChI is InChI=1S/C10H11BrO.Mg/c11-9-5-2-1-4-8(9)10-6-3-7-12-10;/h1-2,4-5,10H,3,6-7H2;. The molecule has 1 atom stereocenters. The topological polar surface area (TPSA) is 9.23 Å². The molecule has 13 heavy (non-hydrogen) atoms. The van der Waals surface area contributed by atoms with Crippen LogP contribution in [0.2, 0.25) is 0 Å². The molecular weight excluding hydrogens is 240 g/mol. The lowest BCUT2D eigenvalue weighted by Gasteiger charge is -2.10. The third kappa shape index (κ3) is 2.69. The van der Waals surface area contributed by atoms with E-state index in [9.17, 15) is 0 Å². The number of benzene rings is 1. The highest BCUT2D eigenvalue weighted by atomic mass is 79.9. The molecule has 66 valence electrons. The molecule has 1 aromatic carbocycles. The van der Waals surface area contributed by atoms with Crippen molar-refractivity contribution in [2.24, 2.45) is 0 Å². The van der Waals surface area contributed by atoms with Crippen molar-refractivity contribution in [3.63, 3.8) is 0 Å². The summed E-state index contributed by atoms with van der Waals surface area (Å²) in [6.07, 6.45) is 2.66. The van der Waals surface area contributed by atoms with Crippen molar-refractivity contribution >= 4 is 39.0 Å². The molecule has 0 bridgehead atoms. The quantitative estimate of drug-likeness (QED) is 0.697. The fourth-order valence-electron chi connectivity index (χ4n) is 1.56. The lowest BCUT2D eigenvalue weighted by molar-refractivity contribution is 0.111. The maximum atomic E-state index is 5.59. The van der Waals surface area contributed by atoms with E-state index in [1.807, 2.05) is 6.07 Å². The second-order valence-corrected chi connectivity index (χ2v) is 3.88. The zero-order valence-corrected chi connectivity index (χ0v) is 10.5. The van der Waals surface area contributed by atoms with Crippen molar-refractivity contribution in [2.45, 2.75) is 18.9 Å². The van der Waals surface area contributed by atoms with Gasteiger partial charge in [0.15, 0.2) is 0 Å². The van der Waals surface area contributed by atoms with E-state index in [1.165, 1.54) is 12.0 Å². The SMILES string of the molecule is Brc1ccccc1C1CCCO1.[Mg]. The van der Waals surface area contributed by atoms with Crippen LogP contribution in [0.1, 0.15) is 24.5 Å². The molecule has 2 radical (unpaired) electrons. The van der Waals surface area contributed by atoms with Gasteiger partial charge in [0.25, 0.3) is 0 Å². The van der Waals surface area contributed by atoms with Crippen LogP contribution in [-0.4, -0.2) is 29.7 Å². The molecule has 1 unspecified atom stereocenters. The van der Waals surface area contributed by atoms with Crippen molar-refractivity contribution in [3.8, 4) is 0 Å². The van der Waals surface area contributed by atoms with Gasteiger partial charge in [-0.15, -0.1) is 0 Å². The van der Waals surface area contributed by atoms with Gasteiger partial charge in [0.1, 0.15) is 0 Å². The van der Waals surface area contributed by atoms with Gasteiger partial charge >= 0.3 is 0 Å². The number of halogens is 1. The maximum Gasteiger partial charge on any atom is 0.0836 e. The van der Waals surface area contributed by atoms with E-state index in [0.717, 1.165) is 17.5 Å². The minimum absolute atomic E-state index is 0. The van der Waals surface area contributed by atoms with Crippen LogP contribution in [0.5, 0.6) is 0 Å². The van der Waals surface area contributed by atoms with Crippen molar-refractivity contribution < 1.29 is 4.74 Å². The Morgan fingerprint density at radius 2 is 2.08 bits per heavy atom. The zero-order chi connectivity index (χ0) is 8.39. The molecule has 2 rings (SSSR count). The predicted molar refractivity (Wildman–Crippen MR) is 57.8 cm³/mol. The summed E-state index contributed by atoms with van der Waals surface area (Å²) >= 11 is 3.53. The Morgan fingerprint density at radius 3 is 2.69 bits per heavy atom. The molecule has 0 spiro atoms. The normalized spacial score (nSPS) is 21.2. The molecular formula is C10H11BrMgO. The highest BCUT2D eigenvalue weighted by Gasteiger charge is 2.18. The van der Waals surface area contributed by atoms with Crippen LogP contribution >= 0.6 is 15.9 Å². The summed E-state index contributed by atoms with van der Waals surface area (Å²) in [7, 11) is 0. The van der Waals surface area contributed by atoms with Crippen molar-refractivity contribution in [1.29, 1.82) is 0 Å². The predicted octanol–water partition coefficient (Wildman–Crippen LogP) is 2.92. The molecule has 1 aliphatic heterocycles. The van der Waals surface area contributed by atoms with Crippen LogP contribution in [-0.2, 0) is 4.74 Å². The largest absolute Gasteiger partial charge is 0.373 e. The first kappa shape index (κ1) is 11.5. The van der Waals surface area contributed by atoms with Crippen molar-refractivity contribution in [2.75, 3.05) is 6.61 Å². The molecule has 1 saturated heterocycles. The van der Waals surface area contributed by atoms with Gasteiger partial charge in [0, 0.05) is 34.1 Å². The molecule has 3 heteroatoms. The fraction of sp³-hybridized carbons (Fsp3) is 0.400. The van der Waals surface area contributed by atoms with Crippen molar-refractivity contribution in [3.05, 3.63) is 34.3 Å². The zero-order valence-electron chi connectivity index (χ0n) is 7.50. The van der Waals surface area contributed by atoms with Crippen LogP contribution in [0.3, 0.4) is 0 Å². The molecule has 0 saturated carbocycles. The average Bonchev–Trinajstić information content (AvgIpc) is 2.57. The van der Waals surface area contributed by atoms with Gasteiger partial charge in [-0.05, 0) is 24.5 Å². The van der Waals surface area contributed by atoms with Gasteiger partial charge in [-0.2, -0.15) is 0 Å². The van der Waals surface area contributed by atoms with Gasteiger partial charge < -0.3 is 4.74 Å².